The Morgan fingerprint density at radius 2 is 1.79 bits per heavy atom. The van der Waals surface area contributed by atoms with Crippen molar-refractivity contribution in [2.75, 3.05) is 23.3 Å². The Labute approximate surface area is 175 Å². The van der Waals surface area contributed by atoms with E-state index >= 15 is 0 Å². The standard InChI is InChI=1S/C21H19FN4OS2/c1-12-2-4-15-17(10-12)28-20(23-15)25-19(27)13-6-8-26(9-7-13)21-24-16-5-3-14(22)11-18(16)29-21/h2-5,10-11,13H,6-9H2,1H3,(H,23,25,27). The molecule has 8 heteroatoms. The molecule has 1 fully saturated rings. The van der Waals surface area contributed by atoms with Gasteiger partial charge in [0.25, 0.3) is 0 Å². The van der Waals surface area contributed by atoms with E-state index in [1.807, 2.05) is 19.1 Å². The summed E-state index contributed by atoms with van der Waals surface area (Å²) in [5, 5.41) is 4.55. The van der Waals surface area contributed by atoms with Gasteiger partial charge in [-0.2, -0.15) is 0 Å². The molecular weight excluding hydrogens is 407 g/mol. The molecule has 1 aliphatic heterocycles. The van der Waals surface area contributed by atoms with Gasteiger partial charge in [-0.1, -0.05) is 28.7 Å². The largest absolute Gasteiger partial charge is 0.348 e. The zero-order valence-electron chi connectivity index (χ0n) is 15.8. The number of rotatable bonds is 3. The summed E-state index contributed by atoms with van der Waals surface area (Å²) in [6.45, 7) is 3.58. The first kappa shape index (κ1) is 18.4. The van der Waals surface area contributed by atoms with Crippen molar-refractivity contribution in [2.45, 2.75) is 19.8 Å². The summed E-state index contributed by atoms with van der Waals surface area (Å²) in [6.07, 6.45) is 1.53. The van der Waals surface area contributed by atoms with E-state index in [1.165, 1.54) is 40.4 Å². The lowest BCUT2D eigenvalue weighted by molar-refractivity contribution is -0.120. The molecule has 1 aliphatic rings. The number of nitrogens with zero attached hydrogens (tertiary/aromatic N) is 3. The van der Waals surface area contributed by atoms with Crippen molar-refractivity contribution in [1.82, 2.24) is 9.97 Å². The predicted molar refractivity (Wildman–Crippen MR) is 118 cm³/mol. The van der Waals surface area contributed by atoms with Crippen LogP contribution in [-0.2, 0) is 4.79 Å². The van der Waals surface area contributed by atoms with Crippen molar-refractivity contribution in [3.63, 3.8) is 0 Å². The van der Waals surface area contributed by atoms with Crippen LogP contribution in [-0.4, -0.2) is 29.0 Å². The van der Waals surface area contributed by atoms with Crippen LogP contribution in [0.4, 0.5) is 14.7 Å². The summed E-state index contributed by atoms with van der Waals surface area (Å²) in [6, 6.07) is 10.8. The van der Waals surface area contributed by atoms with E-state index in [2.05, 4.69) is 26.3 Å². The fourth-order valence-electron chi connectivity index (χ4n) is 3.65. The number of halogens is 1. The van der Waals surface area contributed by atoms with Crippen LogP contribution in [0, 0.1) is 18.7 Å². The molecule has 148 valence electrons. The van der Waals surface area contributed by atoms with E-state index in [1.54, 1.807) is 6.07 Å². The van der Waals surface area contributed by atoms with Crippen LogP contribution >= 0.6 is 22.7 Å². The number of hydrogen-bond acceptors (Lipinski definition) is 6. The van der Waals surface area contributed by atoms with Gasteiger partial charge in [0.1, 0.15) is 5.82 Å². The molecule has 29 heavy (non-hydrogen) atoms. The minimum atomic E-state index is -0.243. The van der Waals surface area contributed by atoms with Crippen molar-refractivity contribution in [3.8, 4) is 0 Å². The molecule has 0 bridgehead atoms. The van der Waals surface area contributed by atoms with Crippen LogP contribution in [0.25, 0.3) is 20.4 Å². The van der Waals surface area contributed by atoms with Crippen molar-refractivity contribution in [3.05, 3.63) is 47.8 Å². The molecule has 0 saturated carbocycles. The Morgan fingerprint density at radius 3 is 2.62 bits per heavy atom. The lowest BCUT2D eigenvalue weighted by Gasteiger charge is -2.30. The number of carbonyl (C=O) groups is 1. The van der Waals surface area contributed by atoms with Gasteiger partial charge < -0.3 is 10.2 Å². The topological polar surface area (TPSA) is 58.1 Å². The van der Waals surface area contributed by atoms with Crippen molar-refractivity contribution < 1.29 is 9.18 Å². The number of piperidine rings is 1. The highest BCUT2D eigenvalue weighted by atomic mass is 32.1. The van der Waals surface area contributed by atoms with E-state index in [-0.39, 0.29) is 17.6 Å². The predicted octanol–water partition coefficient (Wildman–Crippen LogP) is 5.21. The molecule has 5 nitrogen and oxygen atoms in total. The molecule has 0 unspecified atom stereocenters. The first-order valence-corrected chi connectivity index (χ1v) is 11.2. The zero-order chi connectivity index (χ0) is 20.0. The smallest absolute Gasteiger partial charge is 0.229 e. The fourth-order valence-corrected chi connectivity index (χ4v) is 5.66. The molecular formula is C21H19FN4OS2. The number of thiazole rings is 2. The first-order chi connectivity index (χ1) is 14.0. The minimum absolute atomic E-state index is 0.0341. The molecule has 1 amide bonds. The molecule has 0 spiro atoms. The Balaban J connectivity index is 1.23. The number of carbonyl (C=O) groups excluding carboxylic acids is 1. The van der Waals surface area contributed by atoms with Crippen molar-refractivity contribution in [1.29, 1.82) is 0 Å². The van der Waals surface area contributed by atoms with E-state index in [4.69, 9.17) is 0 Å². The van der Waals surface area contributed by atoms with Crippen LogP contribution in [0.15, 0.2) is 36.4 Å². The summed E-state index contributed by atoms with van der Waals surface area (Å²) in [7, 11) is 0. The van der Waals surface area contributed by atoms with Crippen molar-refractivity contribution >= 4 is 59.3 Å². The minimum Gasteiger partial charge on any atom is -0.348 e. The lowest BCUT2D eigenvalue weighted by Crippen LogP contribution is -2.38. The highest BCUT2D eigenvalue weighted by Gasteiger charge is 2.27. The maximum Gasteiger partial charge on any atom is 0.229 e. The van der Waals surface area contributed by atoms with Gasteiger partial charge in [0.2, 0.25) is 5.91 Å². The highest BCUT2D eigenvalue weighted by Crippen LogP contribution is 2.33. The van der Waals surface area contributed by atoms with Crippen LogP contribution < -0.4 is 10.2 Å². The van der Waals surface area contributed by atoms with E-state index in [0.717, 1.165) is 51.5 Å². The number of nitrogens with one attached hydrogen (secondary N) is 1. The maximum atomic E-state index is 13.4. The Kier molecular flexibility index (Phi) is 4.67. The molecule has 5 rings (SSSR count). The van der Waals surface area contributed by atoms with Gasteiger partial charge in [-0.25, -0.2) is 14.4 Å². The van der Waals surface area contributed by atoms with Crippen LogP contribution in [0.2, 0.25) is 0 Å². The van der Waals surface area contributed by atoms with Crippen molar-refractivity contribution in [2.24, 2.45) is 5.92 Å². The van der Waals surface area contributed by atoms with Gasteiger partial charge in [-0.05, 0) is 55.7 Å². The summed E-state index contributed by atoms with van der Waals surface area (Å²) in [5.74, 6) is -0.244. The zero-order valence-corrected chi connectivity index (χ0v) is 17.4. The van der Waals surface area contributed by atoms with E-state index in [9.17, 15) is 9.18 Å². The third-order valence-electron chi connectivity index (χ3n) is 5.25. The number of aryl methyl sites for hydroxylation is 1. The quantitative estimate of drug-likeness (QED) is 0.489. The summed E-state index contributed by atoms with van der Waals surface area (Å²) < 4.78 is 15.3. The average Bonchev–Trinajstić information content (AvgIpc) is 3.30. The van der Waals surface area contributed by atoms with E-state index in [0.29, 0.717) is 5.13 Å². The molecule has 3 heterocycles. The first-order valence-electron chi connectivity index (χ1n) is 9.54. The second-order valence-corrected chi connectivity index (χ2v) is 9.39. The van der Waals surface area contributed by atoms with Gasteiger partial charge in [-0.15, -0.1) is 0 Å². The van der Waals surface area contributed by atoms with Gasteiger partial charge in [-0.3, -0.25) is 4.79 Å². The third kappa shape index (κ3) is 3.70. The maximum absolute atomic E-state index is 13.4. The number of hydrogen-bond donors (Lipinski definition) is 1. The lowest BCUT2D eigenvalue weighted by atomic mass is 9.96. The average molecular weight is 427 g/mol. The second-order valence-electron chi connectivity index (χ2n) is 7.35. The Bertz CT molecular complexity index is 1210. The van der Waals surface area contributed by atoms with Crippen LogP contribution in [0.3, 0.4) is 0 Å². The molecule has 1 saturated heterocycles. The number of amides is 1. The highest BCUT2D eigenvalue weighted by molar-refractivity contribution is 7.22. The van der Waals surface area contributed by atoms with Gasteiger partial charge in [0.05, 0.1) is 20.4 Å². The Morgan fingerprint density at radius 1 is 1.07 bits per heavy atom. The van der Waals surface area contributed by atoms with Crippen LogP contribution in [0.5, 0.6) is 0 Å². The number of aromatic nitrogens is 2. The Hall–Kier alpha value is -2.58. The number of anilines is 2. The summed E-state index contributed by atoms with van der Waals surface area (Å²) in [4.78, 5) is 24.0. The fraction of sp³-hybridized carbons (Fsp3) is 0.286. The molecule has 2 aromatic heterocycles. The molecule has 1 N–H and O–H groups in total. The summed E-state index contributed by atoms with van der Waals surface area (Å²) >= 11 is 3.01. The summed E-state index contributed by atoms with van der Waals surface area (Å²) in [5.41, 5.74) is 2.92. The van der Waals surface area contributed by atoms with Gasteiger partial charge in [0.15, 0.2) is 10.3 Å². The second kappa shape index (κ2) is 7.35. The van der Waals surface area contributed by atoms with Gasteiger partial charge >= 0.3 is 0 Å². The molecule has 4 aromatic rings. The van der Waals surface area contributed by atoms with Gasteiger partial charge in [0, 0.05) is 19.0 Å². The normalized spacial score (nSPS) is 15.3. The third-order valence-corrected chi connectivity index (χ3v) is 7.26. The molecule has 2 aromatic carbocycles. The molecule has 0 radical (unpaired) electrons. The monoisotopic (exact) mass is 426 g/mol. The number of fused-ring (bicyclic) bond motifs is 2. The van der Waals surface area contributed by atoms with E-state index < -0.39 is 0 Å². The molecule has 0 aliphatic carbocycles. The van der Waals surface area contributed by atoms with Crippen LogP contribution in [0.1, 0.15) is 18.4 Å². The number of benzene rings is 2. The SMILES string of the molecule is Cc1ccc2nc(NC(=O)C3CCN(c4nc5ccc(F)cc5s4)CC3)sc2c1. The molecule has 0 atom stereocenters.